The fourth-order valence-electron chi connectivity index (χ4n) is 2.40. The quantitative estimate of drug-likeness (QED) is 0.598. The number of carbonyl (C=O) groups excluding carboxylic acids is 2. The average molecular weight is 268 g/mol. The molecular formula is C14H24N2O3. The van der Waals surface area contributed by atoms with E-state index in [0.717, 1.165) is 12.8 Å². The van der Waals surface area contributed by atoms with Crippen LogP contribution in [0.25, 0.3) is 0 Å². The topological polar surface area (TPSA) is 72.6 Å². The Kier molecular flexibility index (Phi) is 6.02. The number of primary amides is 1. The number of rotatable bonds is 5. The van der Waals surface area contributed by atoms with Gasteiger partial charge < -0.3 is 10.5 Å². The SMILES string of the molecule is CCC(=CCN1CC(C(N)=O)CCC1C)C(=O)OC. The molecule has 2 unspecified atom stereocenters. The van der Waals surface area contributed by atoms with Crippen molar-refractivity contribution < 1.29 is 14.3 Å². The number of ether oxygens (including phenoxy) is 1. The maximum atomic E-state index is 11.5. The zero-order valence-corrected chi connectivity index (χ0v) is 12.0. The van der Waals surface area contributed by atoms with Crippen LogP contribution in [0.15, 0.2) is 11.6 Å². The molecule has 1 saturated heterocycles. The van der Waals surface area contributed by atoms with E-state index in [2.05, 4.69) is 11.8 Å². The first-order valence-corrected chi connectivity index (χ1v) is 6.80. The maximum Gasteiger partial charge on any atom is 0.333 e. The van der Waals surface area contributed by atoms with Crippen molar-refractivity contribution in [2.75, 3.05) is 20.2 Å². The standard InChI is InChI=1S/C14H24N2O3/c1-4-11(14(18)19-3)7-8-16-9-12(13(15)17)6-5-10(16)2/h7,10,12H,4-6,8-9H2,1-3H3,(H2,15,17). The van der Waals surface area contributed by atoms with E-state index in [4.69, 9.17) is 10.5 Å². The summed E-state index contributed by atoms with van der Waals surface area (Å²) in [7, 11) is 1.39. The Morgan fingerprint density at radius 2 is 2.11 bits per heavy atom. The van der Waals surface area contributed by atoms with Gasteiger partial charge in [0, 0.05) is 24.7 Å². The molecule has 0 aromatic rings. The van der Waals surface area contributed by atoms with Gasteiger partial charge in [0.05, 0.1) is 13.0 Å². The first-order chi connectivity index (χ1) is 8.99. The first-order valence-electron chi connectivity index (χ1n) is 6.80. The summed E-state index contributed by atoms with van der Waals surface area (Å²) in [6.07, 6.45) is 4.36. The van der Waals surface area contributed by atoms with Gasteiger partial charge in [-0.05, 0) is 26.2 Å². The van der Waals surface area contributed by atoms with E-state index in [1.807, 2.05) is 13.0 Å². The highest BCUT2D eigenvalue weighted by atomic mass is 16.5. The minimum atomic E-state index is -0.279. The van der Waals surface area contributed by atoms with E-state index in [-0.39, 0.29) is 17.8 Å². The summed E-state index contributed by atoms with van der Waals surface area (Å²) in [6, 6.07) is 0.405. The van der Waals surface area contributed by atoms with E-state index < -0.39 is 0 Å². The molecule has 2 N–H and O–H groups in total. The highest BCUT2D eigenvalue weighted by Crippen LogP contribution is 2.21. The van der Waals surface area contributed by atoms with E-state index >= 15 is 0 Å². The minimum absolute atomic E-state index is 0.0761. The first kappa shape index (κ1) is 15.7. The van der Waals surface area contributed by atoms with Gasteiger partial charge in [-0.1, -0.05) is 13.0 Å². The molecule has 0 bridgehead atoms. The lowest BCUT2D eigenvalue weighted by molar-refractivity contribution is -0.136. The molecular weight excluding hydrogens is 244 g/mol. The number of amides is 1. The number of piperidine rings is 1. The number of esters is 1. The molecule has 1 aliphatic rings. The van der Waals surface area contributed by atoms with E-state index in [0.29, 0.717) is 31.1 Å². The molecule has 0 aromatic carbocycles. The average Bonchev–Trinajstić information content (AvgIpc) is 2.40. The van der Waals surface area contributed by atoms with Crippen molar-refractivity contribution in [3.63, 3.8) is 0 Å². The molecule has 5 heteroatoms. The minimum Gasteiger partial charge on any atom is -0.466 e. The predicted octanol–water partition coefficient (Wildman–Crippen LogP) is 1.08. The number of nitrogens with zero attached hydrogens (tertiary/aromatic N) is 1. The lowest BCUT2D eigenvalue weighted by Gasteiger charge is -2.36. The summed E-state index contributed by atoms with van der Waals surface area (Å²) < 4.78 is 4.73. The summed E-state index contributed by atoms with van der Waals surface area (Å²) in [5.74, 6) is -0.587. The Labute approximate surface area is 114 Å². The second-order valence-electron chi connectivity index (χ2n) is 5.05. The number of carbonyl (C=O) groups is 2. The Balaban J connectivity index is 2.65. The molecule has 0 aliphatic carbocycles. The number of nitrogens with two attached hydrogens (primary N) is 1. The molecule has 108 valence electrons. The van der Waals surface area contributed by atoms with Crippen molar-refractivity contribution in [1.82, 2.24) is 4.90 Å². The zero-order chi connectivity index (χ0) is 14.4. The van der Waals surface area contributed by atoms with Crippen LogP contribution in [0.2, 0.25) is 0 Å². The van der Waals surface area contributed by atoms with Gasteiger partial charge >= 0.3 is 5.97 Å². The predicted molar refractivity (Wildman–Crippen MR) is 73.3 cm³/mol. The lowest BCUT2D eigenvalue weighted by atomic mass is 9.93. The van der Waals surface area contributed by atoms with Gasteiger partial charge in [0.2, 0.25) is 5.91 Å². The van der Waals surface area contributed by atoms with Crippen LogP contribution >= 0.6 is 0 Å². The summed E-state index contributed by atoms with van der Waals surface area (Å²) in [6.45, 7) is 5.39. The zero-order valence-electron chi connectivity index (χ0n) is 12.0. The second kappa shape index (κ2) is 7.28. The highest BCUT2D eigenvalue weighted by molar-refractivity contribution is 5.88. The maximum absolute atomic E-state index is 11.5. The van der Waals surface area contributed by atoms with Crippen LogP contribution in [-0.4, -0.2) is 43.0 Å². The van der Waals surface area contributed by atoms with Crippen LogP contribution in [0.1, 0.15) is 33.1 Å². The molecule has 1 heterocycles. The Hall–Kier alpha value is -1.36. The summed E-state index contributed by atoms with van der Waals surface area (Å²) >= 11 is 0. The monoisotopic (exact) mass is 268 g/mol. The summed E-state index contributed by atoms with van der Waals surface area (Å²) in [5, 5.41) is 0. The molecule has 1 fully saturated rings. The largest absolute Gasteiger partial charge is 0.466 e. The van der Waals surface area contributed by atoms with E-state index in [1.54, 1.807) is 0 Å². The van der Waals surface area contributed by atoms with Gasteiger partial charge in [0.1, 0.15) is 0 Å². The smallest absolute Gasteiger partial charge is 0.333 e. The van der Waals surface area contributed by atoms with Crippen molar-refractivity contribution in [3.8, 4) is 0 Å². The molecule has 1 aliphatic heterocycles. The number of likely N-dealkylation sites (tertiary alicyclic amines) is 1. The van der Waals surface area contributed by atoms with E-state index in [1.165, 1.54) is 7.11 Å². The van der Waals surface area contributed by atoms with Crippen LogP contribution in [0, 0.1) is 5.92 Å². The molecule has 0 aromatic heterocycles. The molecule has 5 nitrogen and oxygen atoms in total. The van der Waals surface area contributed by atoms with Crippen molar-refractivity contribution in [2.24, 2.45) is 11.7 Å². The van der Waals surface area contributed by atoms with Gasteiger partial charge in [0.15, 0.2) is 0 Å². The normalized spacial score (nSPS) is 25.1. The fraction of sp³-hybridized carbons (Fsp3) is 0.714. The second-order valence-corrected chi connectivity index (χ2v) is 5.05. The third kappa shape index (κ3) is 4.35. The van der Waals surface area contributed by atoms with Crippen molar-refractivity contribution >= 4 is 11.9 Å². The molecule has 1 amide bonds. The van der Waals surface area contributed by atoms with Crippen LogP contribution in [0.3, 0.4) is 0 Å². The van der Waals surface area contributed by atoms with Crippen molar-refractivity contribution in [3.05, 3.63) is 11.6 Å². The van der Waals surface area contributed by atoms with Gasteiger partial charge in [-0.3, -0.25) is 9.69 Å². The van der Waals surface area contributed by atoms with Crippen LogP contribution in [-0.2, 0) is 14.3 Å². The molecule has 19 heavy (non-hydrogen) atoms. The fourth-order valence-corrected chi connectivity index (χ4v) is 2.40. The number of methoxy groups -OCH3 is 1. The summed E-state index contributed by atoms with van der Waals surface area (Å²) in [4.78, 5) is 24.9. The molecule has 0 saturated carbocycles. The molecule has 0 radical (unpaired) electrons. The molecule has 1 rings (SSSR count). The van der Waals surface area contributed by atoms with Gasteiger partial charge in [-0.2, -0.15) is 0 Å². The van der Waals surface area contributed by atoms with Crippen LogP contribution in [0.4, 0.5) is 0 Å². The Morgan fingerprint density at radius 1 is 1.42 bits per heavy atom. The molecule has 0 spiro atoms. The third-order valence-electron chi connectivity index (χ3n) is 3.81. The Bertz CT molecular complexity index is 366. The van der Waals surface area contributed by atoms with Gasteiger partial charge in [-0.25, -0.2) is 4.79 Å². The van der Waals surface area contributed by atoms with Gasteiger partial charge in [0.25, 0.3) is 0 Å². The van der Waals surface area contributed by atoms with Crippen molar-refractivity contribution in [1.29, 1.82) is 0 Å². The number of hydrogen-bond donors (Lipinski definition) is 1. The molecule has 2 atom stereocenters. The van der Waals surface area contributed by atoms with E-state index in [9.17, 15) is 9.59 Å². The lowest BCUT2D eigenvalue weighted by Crippen LogP contribution is -2.45. The summed E-state index contributed by atoms with van der Waals surface area (Å²) in [5.41, 5.74) is 6.05. The van der Waals surface area contributed by atoms with Crippen LogP contribution < -0.4 is 5.73 Å². The third-order valence-corrected chi connectivity index (χ3v) is 3.81. The Morgan fingerprint density at radius 3 is 2.63 bits per heavy atom. The highest BCUT2D eigenvalue weighted by Gasteiger charge is 2.27. The van der Waals surface area contributed by atoms with Crippen molar-refractivity contribution in [2.45, 2.75) is 39.2 Å². The van der Waals surface area contributed by atoms with Crippen LogP contribution in [0.5, 0.6) is 0 Å². The van der Waals surface area contributed by atoms with Gasteiger partial charge in [-0.15, -0.1) is 0 Å². The number of hydrogen-bond acceptors (Lipinski definition) is 4.